The Bertz CT molecular complexity index is 633. The predicted octanol–water partition coefficient (Wildman–Crippen LogP) is 2.79. The lowest BCUT2D eigenvalue weighted by Crippen LogP contribution is -2.16. The third kappa shape index (κ3) is 2.25. The molecule has 1 aliphatic heterocycles. The van der Waals surface area contributed by atoms with Crippen molar-refractivity contribution < 1.29 is 9.47 Å². The Labute approximate surface area is 111 Å². The van der Waals surface area contributed by atoms with Gasteiger partial charge in [0.25, 0.3) is 0 Å². The highest BCUT2D eigenvalue weighted by Gasteiger charge is 2.14. The van der Waals surface area contributed by atoms with Crippen molar-refractivity contribution >= 4 is 17.1 Å². The number of aliphatic imine (C=N–C) groups is 1. The van der Waals surface area contributed by atoms with Crippen LogP contribution in [-0.4, -0.2) is 19.4 Å². The van der Waals surface area contributed by atoms with E-state index >= 15 is 0 Å². The number of hydrogen-bond donors (Lipinski definition) is 1. The van der Waals surface area contributed by atoms with E-state index in [1.165, 1.54) is 0 Å². The average molecular weight is 254 g/mol. The van der Waals surface area contributed by atoms with Crippen molar-refractivity contribution in [2.45, 2.75) is 0 Å². The number of nitrogens with two attached hydrogens (primary N) is 1. The van der Waals surface area contributed by atoms with Crippen molar-refractivity contribution in [3.8, 4) is 11.5 Å². The van der Waals surface area contributed by atoms with Crippen molar-refractivity contribution in [2.24, 2.45) is 4.99 Å². The molecule has 0 spiro atoms. The van der Waals surface area contributed by atoms with Gasteiger partial charge in [-0.15, -0.1) is 0 Å². The molecule has 0 aliphatic carbocycles. The van der Waals surface area contributed by atoms with Crippen LogP contribution in [0.25, 0.3) is 0 Å². The molecule has 1 heterocycles. The predicted molar refractivity (Wildman–Crippen MR) is 75.5 cm³/mol. The van der Waals surface area contributed by atoms with Crippen molar-refractivity contribution in [3.05, 3.63) is 48.0 Å². The van der Waals surface area contributed by atoms with Crippen LogP contribution in [0.5, 0.6) is 11.5 Å². The first-order valence-electron chi connectivity index (χ1n) is 6.00. The molecule has 2 N–H and O–H groups in total. The molecule has 3 rings (SSSR count). The van der Waals surface area contributed by atoms with E-state index in [0.29, 0.717) is 12.3 Å². The van der Waals surface area contributed by atoms with E-state index in [4.69, 9.17) is 15.2 Å². The second-order valence-electron chi connectivity index (χ2n) is 4.30. The highest BCUT2D eigenvalue weighted by Crippen LogP contribution is 2.33. The summed E-state index contributed by atoms with van der Waals surface area (Å²) < 4.78 is 10.8. The molecule has 1 aliphatic rings. The third-order valence-electron chi connectivity index (χ3n) is 3.03. The van der Waals surface area contributed by atoms with Gasteiger partial charge in [-0.05, 0) is 48.0 Å². The number of nitrogen functional groups attached to an aromatic ring is 1. The van der Waals surface area contributed by atoms with Gasteiger partial charge in [-0.2, -0.15) is 0 Å². The Hall–Kier alpha value is -2.49. The van der Waals surface area contributed by atoms with Crippen LogP contribution in [0.1, 0.15) is 5.56 Å². The fraction of sp³-hybridized carbons (Fsp3) is 0.133. The zero-order valence-corrected chi connectivity index (χ0v) is 10.6. The normalized spacial score (nSPS) is 13.2. The van der Waals surface area contributed by atoms with Gasteiger partial charge in [-0.25, -0.2) is 4.99 Å². The molecule has 4 nitrogen and oxygen atoms in total. The molecule has 2 aromatic carbocycles. The van der Waals surface area contributed by atoms with Gasteiger partial charge in [-0.3, -0.25) is 0 Å². The van der Waals surface area contributed by atoms with E-state index in [1.807, 2.05) is 42.5 Å². The molecule has 0 fully saturated rings. The molecular formula is C15H14N2O2. The summed E-state index contributed by atoms with van der Waals surface area (Å²) >= 11 is 0. The Morgan fingerprint density at radius 2 is 1.95 bits per heavy atom. The Morgan fingerprint density at radius 3 is 2.68 bits per heavy atom. The van der Waals surface area contributed by atoms with Crippen LogP contribution < -0.4 is 15.2 Å². The summed E-state index contributed by atoms with van der Waals surface area (Å²) in [6, 6.07) is 13.2. The maximum absolute atomic E-state index is 5.76. The molecule has 2 aromatic rings. The van der Waals surface area contributed by atoms with Gasteiger partial charge < -0.3 is 15.2 Å². The van der Waals surface area contributed by atoms with Crippen LogP contribution in [0.4, 0.5) is 11.4 Å². The second-order valence-corrected chi connectivity index (χ2v) is 4.30. The first-order valence-corrected chi connectivity index (χ1v) is 6.00. The van der Waals surface area contributed by atoms with Gasteiger partial charge in [0.2, 0.25) is 0 Å². The number of nitrogens with zero attached hydrogens (tertiary/aromatic N) is 1. The zero-order valence-electron chi connectivity index (χ0n) is 10.6. The quantitative estimate of drug-likeness (QED) is 0.838. The van der Waals surface area contributed by atoms with Gasteiger partial charge in [0.05, 0.1) is 12.8 Å². The Balaban J connectivity index is 1.97. The lowest BCUT2D eigenvalue weighted by molar-refractivity contribution is 0.373. The minimum absolute atomic E-state index is 0.462. The highest BCUT2D eigenvalue weighted by molar-refractivity contribution is 6.04. The van der Waals surface area contributed by atoms with Gasteiger partial charge in [0.15, 0.2) is 0 Å². The van der Waals surface area contributed by atoms with Crippen molar-refractivity contribution in [3.63, 3.8) is 0 Å². The average Bonchev–Trinajstić information content (AvgIpc) is 2.46. The fourth-order valence-corrected chi connectivity index (χ4v) is 2.00. The standard InChI is InChI=1S/C15H14N2O2/c1-18-12-5-2-10(3-6-12)14-9-19-15-7-4-11(16)8-13(15)17-14/h2-8H,9,16H2,1H3. The SMILES string of the molecule is COc1ccc(C2=Nc3cc(N)ccc3OC2)cc1. The van der Waals surface area contributed by atoms with Crippen LogP contribution in [0, 0.1) is 0 Å². The van der Waals surface area contributed by atoms with E-state index in [2.05, 4.69) is 4.99 Å². The van der Waals surface area contributed by atoms with E-state index in [1.54, 1.807) is 7.11 Å². The Morgan fingerprint density at radius 1 is 1.16 bits per heavy atom. The first kappa shape index (κ1) is 11.6. The van der Waals surface area contributed by atoms with Crippen LogP contribution >= 0.6 is 0 Å². The molecule has 0 unspecified atom stereocenters. The topological polar surface area (TPSA) is 56.8 Å². The van der Waals surface area contributed by atoms with E-state index in [0.717, 1.165) is 28.5 Å². The molecular weight excluding hydrogens is 240 g/mol. The minimum Gasteiger partial charge on any atom is -0.497 e. The summed E-state index contributed by atoms with van der Waals surface area (Å²) in [6.45, 7) is 0.462. The number of benzene rings is 2. The number of anilines is 1. The molecule has 0 saturated heterocycles. The highest BCUT2D eigenvalue weighted by atomic mass is 16.5. The van der Waals surface area contributed by atoms with Gasteiger partial charge in [-0.1, -0.05) is 0 Å². The number of hydrogen-bond acceptors (Lipinski definition) is 4. The van der Waals surface area contributed by atoms with Gasteiger partial charge in [0.1, 0.15) is 23.8 Å². The molecule has 0 bridgehead atoms. The molecule has 0 atom stereocenters. The van der Waals surface area contributed by atoms with Gasteiger partial charge in [0, 0.05) is 5.69 Å². The summed E-state index contributed by atoms with van der Waals surface area (Å²) in [7, 11) is 1.65. The van der Waals surface area contributed by atoms with Crippen molar-refractivity contribution in [1.29, 1.82) is 0 Å². The molecule has 0 aromatic heterocycles. The maximum Gasteiger partial charge on any atom is 0.145 e. The van der Waals surface area contributed by atoms with E-state index < -0.39 is 0 Å². The van der Waals surface area contributed by atoms with Crippen LogP contribution in [0.2, 0.25) is 0 Å². The summed E-state index contributed by atoms with van der Waals surface area (Å²) in [5, 5.41) is 0. The lowest BCUT2D eigenvalue weighted by atomic mass is 10.1. The Kier molecular flexibility index (Phi) is 2.83. The van der Waals surface area contributed by atoms with E-state index in [9.17, 15) is 0 Å². The number of ether oxygens (including phenoxy) is 2. The summed E-state index contributed by atoms with van der Waals surface area (Å²) in [5.74, 6) is 1.59. The van der Waals surface area contributed by atoms with Gasteiger partial charge >= 0.3 is 0 Å². The maximum atomic E-state index is 5.76. The van der Waals surface area contributed by atoms with Crippen molar-refractivity contribution in [2.75, 3.05) is 19.5 Å². The summed E-state index contributed by atoms with van der Waals surface area (Å²) in [5.41, 5.74) is 9.13. The molecule has 0 radical (unpaired) electrons. The van der Waals surface area contributed by atoms with Crippen molar-refractivity contribution in [1.82, 2.24) is 0 Å². The summed E-state index contributed by atoms with van der Waals surface area (Å²) in [6.07, 6.45) is 0. The zero-order chi connectivity index (χ0) is 13.2. The number of fused-ring (bicyclic) bond motifs is 1. The van der Waals surface area contributed by atoms with Crippen LogP contribution in [-0.2, 0) is 0 Å². The van der Waals surface area contributed by atoms with E-state index in [-0.39, 0.29) is 0 Å². The second kappa shape index (κ2) is 4.65. The largest absolute Gasteiger partial charge is 0.497 e. The first-order chi connectivity index (χ1) is 9.26. The molecule has 19 heavy (non-hydrogen) atoms. The van der Waals surface area contributed by atoms with Crippen LogP contribution in [0.3, 0.4) is 0 Å². The monoisotopic (exact) mass is 254 g/mol. The molecule has 0 amide bonds. The third-order valence-corrected chi connectivity index (χ3v) is 3.03. The number of methoxy groups -OCH3 is 1. The minimum atomic E-state index is 0.462. The molecule has 4 heteroatoms. The summed E-state index contributed by atoms with van der Waals surface area (Å²) in [4.78, 5) is 4.60. The molecule has 0 saturated carbocycles. The molecule has 96 valence electrons. The van der Waals surface area contributed by atoms with Crippen LogP contribution in [0.15, 0.2) is 47.5 Å². The lowest BCUT2D eigenvalue weighted by Gasteiger charge is -2.17. The fourth-order valence-electron chi connectivity index (χ4n) is 2.00. The number of rotatable bonds is 2. The smallest absolute Gasteiger partial charge is 0.145 e.